The first kappa shape index (κ1) is 17.8. The van der Waals surface area contributed by atoms with Crippen LogP contribution in [0.25, 0.3) is 0 Å². The van der Waals surface area contributed by atoms with Gasteiger partial charge in [-0.2, -0.15) is 13.2 Å². The Bertz CT molecular complexity index is 648. The van der Waals surface area contributed by atoms with Gasteiger partial charge in [0.1, 0.15) is 0 Å². The molecule has 4 saturated carbocycles. The van der Waals surface area contributed by atoms with Crippen molar-refractivity contribution in [3.63, 3.8) is 0 Å². The summed E-state index contributed by atoms with van der Waals surface area (Å²) in [6.07, 6.45) is 1.19. The van der Waals surface area contributed by atoms with E-state index in [0.29, 0.717) is 23.3 Å². The lowest BCUT2D eigenvalue weighted by atomic mass is 9.49. The van der Waals surface area contributed by atoms with E-state index < -0.39 is 17.8 Å². The molecule has 5 rings (SSSR count). The maximum atomic E-state index is 12.8. The van der Waals surface area contributed by atoms with Crippen LogP contribution in [0.15, 0.2) is 24.3 Å². The lowest BCUT2D eigenvalue weighted by molar-refractivity contribution is -0.146. The van der Waals surface area contributed by atoms with Gasteiger partial charge in [0.05, 0.1) is 11.7 Å². The third-order valence-electron chi connectivity index (χ3n) is 6.60. The molecule has 1 amide bonds. The second-order valence-electron chi connectivity index (χ2n) is 8.54. The molecule has 0 spiro atoms. The van der Waals surface area contributed by atoms with Crippen LogP contribution in [-0.2, 0) is 11.0 Å². The lowest BCUT2D eigenvalue weighted by Gasteiger charge is -2.55. The molecule has 6 heteroatoms. The van der Waals surface area contributed by atoms with Crippen LogP contribution in [0.3, 0.4) is 0 Å². The number of hydrogen-bond acceptors (Lipinski definition) is 2. The molecule has 142 valence electrons. The monoisotopic (exact) mass is 367 g/mol. The quantitative estimate of drug-likeness (QED) is 0.843. The number of nitrogens with one attached hydrogen (secondary N) is 1. The number of halogens is 3. The number of hydrogen-bond donors (Lipinski definition) is 2. The summed E-state index contributed by atoms with van der Waals surface area (Å²) in [6, 6.07) is 4.45. The summed E-state index contributed by atoms with van der Waals surface area (Å²) in [5, 5.41) is 13.1. The molecule has 4 aliphatic rings. The minimum Gasteiger partial charge on any atom is -0.387 e. The molecule has 0 radical (unpaired) electrons. The SMILES string of the molecule is O=C(NC[C@H](O)c1ccc(C(F)(F)F)cc1)C12CC3CC(CC(C3)C1)C2. The summed E-state index contributed by atoms with van der Waals surface area (Å²) in [6.45, 7) is 0.0337. The third kappa shape index (κ3) is 3.24. The Morgan fingerprint density at radius 1 is 1.08 bits per heavy atom. The maximum absolute atomic E-state index is 12.8. The zero-order valence-electron chi connectivity index (χ0n) is 14.6. The molecule has 3 nitrogen and oxygen atoms in total. The van der Waals surface area contributed by atoms with Crippen molar-refractivity contribution in [2.75, 3.05) is 6.54 Å². The molecule has 0 unspecified atom stereocenters. The molecule has 26 heavy (non-hydrogen) atoms. The highest BCUT2D eigenvalue weighted by molar-refractivity contribution is 5.83. The van der Waals surface area contributed by atoms with Gasteiger partial charge in [-0.3, -0.25) is 4.79 Å². The summed E-state index contributed by atoms with van der Waals surface area (Å²) < 4.78 is 37.8. The van der Waals surface area contributed by atoms with Gasteiger partial charge in [0.2, 0.25) is 5.91 Å². The van der Waals surface area contributed by atoms with Crippen LogP contribution in [0.2, 0.25) is 0 Å². The number of carbonyl (C=O) groups excluding carboxylic acids is 1. The van der Waals surface area contributed by atoms with Crippen molar-refractivity contribution < 1.29 is 23.1 Å². The standard InChI is InChI=1S/C20H24F3NO2/c21-20(22,23)16-3-1-15(2-4-16)17(25)11-24-18(26)19-8-12-5-13(9-19)7-14(6-12)10-19/h1-4,12-14,17,25H,5-11H2,(H,24,26)/t12?,13?,14?,17-,19?/m0/s1. The minimum absolute atomic E-state index is 0.0163. The van der Waals surface area contributed by atoms with Gasteiger partial charge < -0.3 is 10.4 Å². The van der Waals surface area contributed by atoms with Crippen LogP contribution in [0, 0.1) is 23.2 Å². The Kier molecular flexibility index (Phi) is 4.29. The van der Waals surface area contributed by atoms with Gasteiger partial charge in [0.25, 0.3) is 0 Å². The Labute approximate surface area is 151 Å². The molecule has 1 aromatic carbocycles. The molecule has 4 bridgehead atoms. The van der Waals surface area contributed by atoms with Crippen molar-refractivity contribution in [2.24, 2.45) is 23.2 Å². The first-order valence-corrected chi connectivity index (χ1v) is 9.39. The summed E-state index contributed by atoms with van der Waals surface area (Å²) in [5.74, 6) is 1.99. The van der Waals surface area contributed by atoms with Gasteiger partial charge in [-0.1, -0.05) is 12.1 Å². The first-order chi connectivity index (χ1) is 12.2. The van der Waals surface area contributed by atoms with E-state index in [-0.39, 0.29) is 17.9 Å². The highest BCUT2D eigenvalue weighted by atomic mass is 19.4. The van der Waals surface area contributed by atoms with E-state index in [1.807, 2.05) is 0 Å². The zero-order chi connectivity index (χ0) is 18.5. The van der Waals surface area contributed by atoms with Gasteiger partial charge in [-0.25, -0.2) is 0 Å². The number of benzene rings is 1. The van der Waals surface area contributed by atoms with E-state index in [9.17, 15) is 23.1 Å². The third-order valence-corrected chi connectivity index (χ3v) is 6.60. The molecule has 4 fully saturated rings. The van der Waals surface area contributed by atoms with Crippen molar-refractivity contribution in [2.45, 2.75) is 50.8 Å². The summed E-state index contributed by atoms with van der Waals surface area (Å²) >= 11 is 0. The average Bonchev–Trinajstić information content (AvgIpc) is 2.57. The molecule has 1 aromatic rings. The minimum atomic E-state index is -4.39. The normalized spacial score (nSPS) is 33.9. The highest BCUT2D eigenvalue weighted by Crippen LogP contribution is 2.60. The highest BCUT2D eigenvalue weighted by Gasteiger charge is 2.54. The molecule has 1 atom stereocenters. The van der Waals surface area contributed by atoms with Crippen molar-refractivity contribution in [1.82, 2.24) is 5.32 Å². The van der Waals surface area contributed by atoms with Crippen LogP contribution in [0.1, 0.15) is 55.8 Å². The number of alkyl halides is 3. The molecule has 2 N–H and O–H groups in total. The second kappa shape index (κ2) is 6.25. The van der Waals surface area contributed by atoms with E-state index in [2.05, 4.69) is 5.32 Å². The van der Waals surface area contributed by atoms with Crippen molar-refractivity contribution in [1.29, 1.82) is 0 Å². The molecular formula is C20H24F3NO2. The van der Waals surface area contributed by atoms with Crippen molar-refractivity contribution >= 4 is 5.91 Å². The number of rotatable bonds is 4. The molecule has 0 aliphatic heterocycles. The lowest BCUT2D eigenvalue weighted by Crippen LogP contribution is -2.54. The zero-order valence-corrected chi connectivity index (χ0v) is 14.6. The maximum Gasteiger partial charge on any atom is 0.416 e. The van der Waals surface area contributed by atoms with Crippen LogP contribution in [-0.4, -0.2) is 17.6 Å². The fraction of sp³-hybridized carbons (Fsp3) is 0.650. The number of aliphatic hydroxyl groups excluding tert-OH is 1. The Hall–Kier alpha value is -1.56. The summed E-state index contributed by atoms with van der Waals surface area (Å²) in [7, 11) is 0. The number of aliphatic hydroxyl groups is 1. The van der Waals surface area contributed by atoms with Gasteiger partial charge in [-0.05, 0) is 74.0 Å². The van der Waals surface area contributed by atoms with Gasteiger partial charge in [0, 0.05) is 12.0 Å². The predicted molar refractivity (Wildman–Crippen MR) is 90.0 cm³/mol. The van der Waals surface area contributed by atoms with Crippen molar-refractivity contribution in [3.8, 4) is 0 Å². The summed E-state index contributed by atoms with van der Waals surface area (Å²) in [5.41, 5.74) is -0.649. The topological polar surface area (TPSA) is 49.3 Å². The Balaban J connectivity index is 1.37. The first-order valence-electron chi connectivity index (χ1n) is 9.39. The molecule has 0 heterocycles. The Morgan fingerprint density at radius 2 is 1.58 bits per heavy atom. The van der Waals surface area contributed by atoms with Gasteiger partial charge >= 0.3 is 6.18 Å². The van der Waals surface area contributed by atoms with Crippen LogP contribution in [0.5, 0.6) is 0 Å². The molecule has 4 aliphatic carbocycles. The molecular weight excluding hydrogens is 343 g/mol. The van der Waals surface area contributed by atoms with E-state index in [0.717, 1.165) is 31.4 Å². The Morgan fingerprint density at radius 3 is 2.04 bits per heavy atom. The van der Waals surface area contributed by atoms with Crippen LogP contribution < -0.4 is 5.32 Å². The molecule has 0 saturated heterocycles. The smallest absolute Gasteiger partial charge is 0.387 e. The van der Waals surface area contributed by atoms with Gasteiger partial charge in [0.15, 0.2) is 0 Å². The van der Waals surface area contributed by atoms with Crippen LogP contribution in [0.4, 0.5) is 13.2 Å². The van der Waals surface area contributed by atoms with Gasteiger partial charge in [-0.15, -0.1) is 0 Å². The van der Waals surface area contributed by atoms with E-state index in [1.165, 1.54) is 31.4 Å². The largest absolute Gasteiger partial charge is 0.416 e. The number of carbonyl (C=O) groups is 1. The van der Waals surface area contributed by atoms with Crippen molar-refractivity contribution in [3.05, 3.63) is 35.4 Å². The van der Waals surface area contributed by atoms with E-state index in [1.54, 1.807) is 0 Å². The fourth-order valence-electron chi connectivity index (χ4n) is 5.78. The molecule has 0 aromatic heterocycles. The fourth-order valence-corrected chi connectivity index (χ4v) is 5.78. The number of amides is 1. The summed E-state index contributed by atoms with van der Waals surface area (Å²) in [4.78, 5) is 12.8. The second-order valence-corrected chi connectivity index (χ2v) is 8.54. The average molecular weight is 367 g/mol. The van der Waals surface area contributed by atoms with E-state index in [4.69, 9.17) is 0 Å². The van der Waals surface area contributed by atoms with Crippen LogP contribution >= 0.6 is 0 Å². The predicted octanol–water partition coefficient (Wildman–Crippen LogP) is 4.07. The van der Waals surface area contributed by atoms with E-state index >= 15 is 0 Å².